The van der Waals surface area contributed by atoms with E-state index in [-0.39, 0.29) is 12.0 Å². The van der Waals surface area contributed by atoms with E-state index in [1.165, 1.54) is 12.1 Å². The van der Waals surface area contributed by atoms with Crippen LogP contribution in [-0.4, -0.2) is 28.2 Å². The molecule has 7 heteroatoms. The highest BCUT2D eigenvalue weighted by Gasteiger charge is 2.11. The number of carboxylic acids is 2. The molecule has 2 aromatic rings. The second-order valence-electron chi connectivity index (χ2n) is 4.87. The minimum absolute atomic E-state index is 0.183. The largest absolute Gasteiger partial charge is 0.480 e. The first-order valence-electron chi connectivity index (χ1n) is 6.78. The van der Waals surface area contributed by atoms with Crippen LogP contribution in [-0.2, 0) is 11.2 Å². The zero-order chi connectivity index (χ0) is 16.8. The Hall–Kier alpha value is -3.06. The fourth-order valence-electron chi connectivity index (χ4n) is 1.83. The van der Waals surface area contributed by atoms with E-state index in [1.54, 1.807) is 36.4 Å². The lowest BCUT2D eigenvalue weighted by Gasteiger charge is -2.05. The van der Waals surface area contributed by atoms with Gasteiger partial charge in [-0.15, -0.1) is 0 Å². The summed E-state index contributed by atoms with van der Waals surface area (Å²) < 4.78 is 0. The van der Waals surface area contributed by atoms with Gasteiger partial charge >= 0.3 is 11.9 Å². The molecule has 0 saturated carbocycles. The highest BCUT2D eigenvalue weighted by Crippen LogP contribution is 2.19. The number of nitrogens with two attached hydrogens (primary N) is 1. The molecule has 4 N–H and O–H groups in total. The molecular weight excluding hydrogens is 298 g/mol. The summed E-state index contributed by atoms with van der Waals surface area (Å²) in [6, 6.07) is 12.0. The molecule has 2 aromatic carbocycles. The summed E-state index contributed by atoms with van der Waals surface area (Å²) in [5, 5.41) is 25.6. The van der Waals surface area contributed by atoms with Crippen LogP contribution in [0.15, 0.2) is 58.8 Å². The van der Waals surface area contributed by atoms with Crippen molar-refractivity contribution in [2.24, 2.45) is 16.0 Å². The van der Waals surface area contributed by atoms with Crippen LogP contribution in [0.5, 0.6) is 0 Å². The minimum Gasteiger partial charge on any atom is -0.480 e. The van der Waals surface area contributed by atoms with Gasteiger partial charge in [-0.25, -0.2) is 4.79 Å². The highest BCUT2D eigenvalue weighted by atomic mass is 16.4. The summed E-state index contributed by atoms with van der Waals surface area (Å²) in [7, 11) is 0. The van der Waals surface area contributed by atoms with Gasteiger partial charge < -0.3 is 15.9 Å². The second kappa shape index (κ2) is 7.28. The Morgan fingerprint density at radius 1 is 0.913 bits per heavy atom. The fourth-order valence-corrected chi connectivity index (χ4v) is 1.83. The van der Waals surface area contributed by atoms with E-state index in [4.69, 9.17) is 15.9 Å². The molecule has 0 spiro atoms. The zero-order valence-electron chi connectivity index (χ0n) is 12.1. The normalized spacial score (nSPS) is 12.2. The van der Waals surface area contributed by atoms with Crippen LogP contribution in [0.25, 0.3) is 0 Å². The third-order valence-corrected chi connectivity index (χ3v) is 3.10. The standard InChI is InChI=1S/C16H15N3O4/c17-14(16(22)23)9-10-1-5-12(6-2-10)18-19-13-7-3-11(4-8-13)15(20)21/h1-8,14H,9,17H2,(H,20,21)(H,22,23)/t14-/m0/s1. The molecule has 0 aromatic heterocycles. The van der Waals surface area contributed by atoms with Crippen LogP contribution in [0.1, 0.15) is 15.9 Å². The first-order valence-corrected chi connectivity index (χ1v) is 6.78. The van der Waals surface area contributed by atoms with Crippen molar-refractivity contribution in [1.29, 1.82) is 0 Å². The van der Waals surface area contributed by atoms with Gasteiger partial charge in [0.15, 0.2) is 0 Å². The molecule has 0 saturated heterocycles. The van der Waals surface area contributed by atoms with Crippen LogP contribution in [0.3, 0.4) is 0 Å². The van der Waals surface area contributed by atoms with Gasteiger partial charge in [0.2, 0.25) is 0 Å². The van der Waals surface area contributed by atoms with Gasteiger partial charge in [-0.05, 0) is 48.4 Å². The van der Waals surface area contributed by atoms with Crippen LogP contribution in [0, 0.1) is 0 Å². The molecule has 0 aliphatic heterocycles. The fraction of sp³-hybridized carbons (Fsp3) is 0.125. The second-order valence-corrected chi connectivity index (χ2v) is 4.87. The van der Waals surface area contributed by atoms with Crippen molar-refractivity contribution in [2.75, 3.05) is 0 Å². The summed E-state index contributed by atoms with van der Waals surface area (Å²) in [6.07, 6.45) is 0.239. The molecule has 0 radical (unpaired) electrons. The summed E-state index contributed by atoms with van der Waals surface area (Å²) in [5.74, 6) is -2.04. The number of carbonyl (C=O) groups is 2. The lowest BCUT2D eigenvalue weighted by Crippen LogP contribution is -2.32. The molecular formula is C16H15N3O4. The van der Waals surface area contributed by atoms with Gasteiger partial charge in [-0.1, -0.05) is 12.1 Å². The number of rotatable bonds is 6. The summed E-state index contributed by atoms with van der Waals surface area (Å²) in [5.41, 5.74) is 7.58. The van der Waals surface area contributed by atoms with Crippen LogP contribution >= 0.6 is 0 Å². The molecule has 0 amide bonds. The van der Waals surface area contributed by atoms with E-state index in [0.717, 1.165) is 5.56 Å². The van der Waals surface area contributed by atoms with E-state index in [9.17, 15) is 9.59 Å². The van der Waals surface area contributed by atoms with Crippen molar-refractivity contribution in [3.63, 3.8) is 0 Å². The number of benzene rings is 2. The Morgan fingerprint density at radius 3 is 1.83 bits per heavy atom. The van der Waals surface area contributed by atoms with Crippen molar-refractivity contribution in [1.82, 2.24) is 0 Å². The number of aliphatic carboxylic acids is 1. The van der Waals surface area contributed by atoms with E-state index in [1.807, 2.05) is 0 Å². The predicted molar refractivity (Wildman–Crippen MR) is 83.3 cm³/mol. The first-order chi connectivity index (χ1) is 11.0. The van der Waals surface area contributed by atoms with Gasteiger partial charge in [-0.3, -0.25) is 4.79 Å². The Kier molecular flexibility index (Phi) is 5.16. The first kappa shape index (κ1) is 16.3. The molecule has 0 unspecified atom stereocenters. The lowest BCUT2D eigenvalue weighted by molar-refractivity contribution is -0.138. The smallest absolute Gasteiger partial charge is 0.335 e. The van der Waals surface area contributed by atoms with Gasteiger partial charge in [0, 0.05) is 0 Å². The maximum Gasteiger partial charge on any atom is 0.335 e. The average molecular weight is 313 g/mol. The predicted octanol–water partition coefficient (Wildman–Crippen LogP) is 2.75. The van der Waals surface area contributed by atoms with Gasteiger partial charge in [0.1, 0.15) is 6.04 Å². The van der Waals surface area contributed by atoms with Crippen molar-refractivity contribution >= 4 is 23.3 Å². The molecule has 23 heavy (non-hydrogen) atoms. The summed E-state index contributed by atoms with van der Waals surface area (Å²) in [4.78, 5) is 21.4. The van der Waals surface area contributed by atoms with Gasteiger partial charge in [0.25, 0.3) is 0 Å². The van der Waals surface area contributed by atoms with E-state index in [2.05, 4.69) is 10.2 Å². The number of aromatic carboxylic acids is 1. The third-order valence-electron chi connectivity index (χ3n) is 3.10. The van der Waals surface area contributed by atoms with Gasteiger partial charge in [0.05, 0.1) is 16.9 Å². The van der Waals surface area contributed by atoms with E-state index in [0.29, 0.717) is 11.4 Å². The number of azo groups is 1. The highest BCUT2D eigenvalue weighted by molar-refractivity contribution is 5.87. The van der Waals surface area contributed by atoms with E-state index < -0.39 is 18.0 Å². The van der Waals surface area contributed by atoms with E-state index >= 15 is 0 Å². The molecule has 0 heterocycles. The molecule has 0 aliphatic rings. The van der Waals surface area contributed by atoms with Crippen LogP contribution in [0.2, 0.25) is 0 Å². The minimum atomic E-state index is -1.04. The quantitative estimate of drug-likeness (QED) is 0.707. The molecule has 1 atom stereocenters. The maximum atomic E-state index is 10.7. The number of carboxylic acid groups (broad SMARTS) is 2. The molecule has 118 valence electrons. The molecule has 7 nitrogen and oxygen atoms in total. The Balaban J connectivity index is 2.02. The monoisotopic (exact) mass is 313 g/mol. The third kappa shape index (κ3) is 4.72. The molecule has 2 rings (SSSR count). The van der Waals surface area contributed by atoms with Crippen molar-refractivity contribution in [2.45, 2.75) is 12.5 Å². The summed E-state index contributed by atoms with van der Waals surface area (Å²) in [6.45, 7) is 0. The lowest BCUT2D eigenvalue weighted by atomic mass is 10.1. The van der Waals surface area contributed by atoms with Crippen LogP contribution < -0.4 is 5.73 Å². The van der Waals surface area contributed by atoms with Crippen molar-refractivity contribution in [3.8, 4) is 0 Å². The Bertz CT molecular complexity index is 724. The Morgan fingerprint density at radius 2 is 1.39 bits per heavy atom. The topological polar surface area (TPSA) is 125 Å². The number of nitrogens with zero attached hydrogens (tertiary/aromatic N) is 2. The molecule has 0 fully saturated rings. The number of hydrogen-bond donors (Lipinski definition) is 3. The maximum absolute atomic E-state index is 10.7. The van der Waals surface area contributed by atoms with Crippen LogP contribution in [0.4, 0.5) is 11.4 Å². The SMILES string of the molecule is N[C@@H](Cc1ccc(N=Nc2ccc(C(=O)O)cc2)cc1)C(=O)O. The van der Waals surface area contributed by atoms with Crippen molar-refractivity contribution in [3.05, 3.63) is 59.7 Å². The number of hydrogen-bond acceptors (Lipinski definition) is 5. The average Bonchev–Trinajstić information content (AvgIpc) is 2.54. The van der Waals surface area contributed by atoms with Gasteiger partial charge in [-0.2, -0.15) is 10.2 Å². The zero-order valence-corrected chi connectivity index (χ0v) is 12.1. The van der Waals surface area contributed by atoms with Crippen molar-refractivity contribution < 1.29 is 19.8 Å². The molecule has 0 bridgehead atoms. The summed E-state index contributed by atoms with van der Waals surface area (Å²) >= 11 is 0. The molecule has 0 aliphatic carbocycles. The Labute approximate surface area is 132 Å².